The minimum atomic E-state index is 0.590. The van der Waals surface area contributed by atoms with Crippen molar-refractivity contribution in [3.8, 4) is 45.3 Å². The Bertz CT molecular complexity index is 2780. The number of para-hydroxylation sites is 2. The van der Waals surface area contributed by atoms with Crippen LogP contribution in [-0.4, -0.2) is 15.0 Å². The zero-order valence-corrected chi connectivity index (χ0v) is 25.6. The average Bonchev–Trinajstić information content (AvgIpc) is 3.75. The molecule has 0 aliphatic carbocycles. The minimum Gasteiger partial charge on any atom is -0.455 e. The van der Waals surface area contributed by atoms with E-state index in [1.165, 1.54) is 5.39 Å². The predicted molar refractivity (Wildman–Crippen MR) is 194 cm³/mol. The summed E-state index contributed by atoms with van der Waals surface area (Å²) in [5.41, 5.74) is 7.96. The molecule has 0 atom stereocenters. The summed E-state index contributed by atoms with van der Waals surface area (Å²) in [6, 6.07) is 51.4. The van der Waals surface area contributed by atoms with Crippen molar-refractivity contribution in [1.82, 2.24) is 15.0 Å². The Morgan fingerprint density at radius 1 is 0.354 bits per heavy atom. The number of furan rings is 2. The fourth-order valence-corrected chi connectivity index (χ4v) is 6.95. The van der Waals surface area contributed by atoms with Crippen molar-refractivity contribution >= 4 is 54.6 Å². The molecule has 5 nitrogen and oxygen atoms in total. The van der Waals surface area contributed by atoms with Gasteiger partial charge in [0.25, 0.3) is 0 Å². The number of hydrogen-bond acceptors (Lipinski definition) is 5. The van der Waals surface area contributed by atoms with Crippen LogP contribution >= 0.6 is 0 Å². The zero-order chi connectivity index (χ0) is 31.6. The van der Waals surface area contributed by atoms with Crippen LogP contribution in [0.5, 0.6) is 0 Å². The van der Waals surface area contributed by atoms with Crippen LogP contribution in [0.2, 0.25) is 0 Å². The maximum Gasteiger partial charge on any atom is 0.164 e. The van der Waals surface area contributed by atoms with E-state index < -0.39 is 0 Å². The maximum absolute atomic E-state index is 6.75. The first-order chi connectivity index (χ1) is 23.8. The second kappa shape index (κ2) is 10.5. The number of aromatic nitrogens is 3. The van der Waals surface area contributed by atoms with Crippen molar-refractivity contribution in [1.29, 1.82) is 0 Å². The molecule has 0 spiro atoms. The molecule has 7 aromatic carbocycles. The van der Waals surface area contributed by atoms with E-state index in [2.05, 4.69) is 66.7 Å². The second-order valence-electron chi connectivity index (χ2n) is 11.9. The van der Waals surface area contributed by atoms with Crippen LogP contribution in [0.15, 0.2) is 160 Å². The lowest BCUT2D eigenvalue weighted by atomic mass is 9.95. The Morgan fingerprint density at radius 2 is 0.917 bits per heavy atom. The molecule has 0 radical (unpaired) electrons. The molecule has 10 aromatic rings. The molecular weight excluding hydrogens is 590 g/mol. The second-order valence-corrected chi connectivity index (χ2v) is 11.9. The highest BCUT2D eigenvalue weighted by Crippen LogP contribution is 2.45. The fourth-order valence-electron chi connectivity index (χ4n) is 6.95. The van der Waals surface area contributed by atoms with Gasteiger partial charge in [-0.3, -0.25) is 0 Å². The summed E-state index contributed by atoms with van der Waals surface area (Å²) in [4.78, 5) is 15.0. The molecule has 10 rings (SSSR count). The van der Waals surface area contributed by atoms with Crippen molar-refractivity contribution in [3.05, 3.63) is 152 Å². The highest BCUT2D eigenvalue weighted by atomic mass is 16.3. The summed E-state index contributed by atoms with van der Waals surface area (Å²) < 4.78 is 13.4. The Labute approximate surface area is 274 Å². The molecule has 5 heteroatoms. The predicted octanol–water partition coefficient (Wildman–Crippen LogP) is 11.5. The van der Waals surface area contributed by atoms with Crippen LogP contribution in [0.4, 0.5) is 0 Å². The molecule has 0 aliphatic rings. The van der Waals surface area contributed by atoms with Gasteiger partial charge in [0.1, 0.15) is 22.3 Å². The topological polar surface area (TPSA) is 65.0 Å². The van der Waals surface area contributed by atoms with Crippen LogP contribution < -0.4 is 0 Å². The lowest BCUT2D eigenvalue weighted by molar-refractivity contribution is 0.665. The third-order valence-corrected chi connectivity index (χ3v) is 9.12. The third kappa shape index (κ3) is 4.08. The minimum absolute atomic E-state index is 0.590. The largest absolute Gasteiger partial charge is 0.455 e. The summed E-state index contributed by atoms with van der Waals surface area (Å²) >= 11 is 0. The van der Waals surface area contributed by atoms with E-state index in [0.29, 0.717) is 17.5 Å². The van der Waals surface area contributed by atoms with Gasteiger partial charge in [0, 0.05) is 49.4 Å². The molecule has 0 saturated heterocycles. The molecule has 0 fully saturated rings. The average molecular weight is 616 g/mol. The molecule has 0 amide bonds. The normalized spacial score (nSPS) is 11.8. The highest BCUT2D eigenvalue weighted by molar-refractivity contribution is 6.24. The highest BCUT2D eigenvalue weighted by Gasteiger charge is 2.22. The van der Waals surface area contributed by atoms with Crippen LogP contribution in [0.1, 0.15) is 0 Å². The van der Waals surface area contributed by atoms with Crippen LogP contribution in [-0.2, 0) is 0 Å². The SMILES string of the molecule is c1ccc(-c2nc(-c3ccccc3)nc(-c3cccc4oc5c(-c6cc7ccccc7c7c6oc6ccccc67)cccc5c34)n2)cc1. The van der Waals surface area contributed by atoms with Crippen LogP contribution in [0.25, 0.3) is 99.9 Å². The van der Waals surface area contributed by atoms with E-state index >= 15 is 0 Å². The van der Waals surface area contributed by atoms with Gasteiger partial charge in [0.15, 0.2) is 17.5 Å². The van der Waals surface area contributed by atoms with Crippen molar-refractivity contribution in [2.45, 2.75) is 0 Å². The smallest absolute Gasteiger partial charge is 0.164 e. The molecule has 0 unspecified atom stereocenters. The Balaban J connectivity index is 1.25. The summed E-state index contributed by atoms with van der Waals surface area (Å²) in [5.74, 6) is 1.83. The summed E-state index contributed by atoms with van der Waals surface area (Å²) in [5, 5.41) is 6.46. The van der Waals surface area contributed by atoms with Gasteiger partial charge < -0.3 is 8.83 Å². The Morgan fingerprint density at radius 3 is 1.69 bits per heavy atom. The number of hydrogen-bond donors (Lipinski definition) is 0. The summed E-state index contributed by atoms with van der Waals surface area (Å²) in [7, 11) is 0. The molecule has 3 heterocycles. The Kier molecular flexibility index (Phi) is 5.81. The number of rotatable bonds is 4. The fraction of sp³-hybridized carbons (Fsp3) is 0. The summed E-state index contributed by atoms with van der Waals surface area (Å²) in [6.45, 7) is 0. The zero-order valence-electron chi connectivity index (χ0n) is 25.6. The lowest BCUT2D eigenvalue weighted by Crippen LogP contribution is -2.00. The van der Waals surface area contributed by atoms with E-state index in [1.54, 1.807) is 0 Å². The van der Waals surface area contributed by atoms with E-state index in [1.807, 2.05) is 84.9 Å². The van der Waals surface area contributed by atoms with Gasteiger partial charge in [-0.2, -0.15) is 0 Å². The molecule has 3 aromatic heterocycles. The van der Waals surface area contributed by atoms with Gasteiger partial charge in [0.2, 0.25) is 0 Å². The van der Waals surface area contributed by atoms with Gasteiger partial charge in [-0.25, -0.2) is 15.0 Å². The van der Waals surface area contributed by atoms with Gasteiger partial charge in [-0.15, -0.1) is 0 Å². The monoisotopic (exact) mass is 615 g/mol. The van der Waals surface area contributed by atoms with Gasteiger partial charge >= 0.3 is 0 Å². The van der Waals surface area contributed by atoms with Gasteiger partial charge in [-0.1, -0.05) is 133 Å². The number of benzene rings is 7. The lowest BCUT2D eigenvalue weighted by Gasteiger charge is -2.09. The molecule has 0 aliphatic heterocycles. The van der Waals surface area contributed by atoms with Gasteiger partial charge in [0.05, 0.1) is 0 Å². The van der Waals surface area contributed by atoms with Crippen molar-refractivity contribution < 1.29 is 8.83 Å². The van der Waals surface area contributed by atoms with Crippen molar-refractivity contribution in [2.75, 3.05) is 0 Å². The van der Waals surface area contributed by atoms with E-state index in [9.17, 15) is 0 Å². The summed E-state index contributed by atoms with van der Waals surface area (Å²) in [6.07, 6.45) is 0. The number of nitrogens with zero attached hydrogens (tertiary/aromatic N) is 3. The van der Waals surface area contributed by atoms with E-state index in [0.717, 1.165) is 77.1 Å². The first kappa shape index (κ1) is 26.6. The van der Waals surface area contributed by atoms with Gasteiger partial charge in [-0.05, 0) is 29.0 Å². The van der Waals surface area contributed by atoms with Crippen molar-refractivity contribution in [3.63, 3.8) is 0 Å². The quantitative estimate of drug-likeness (QED) is 0.197. The van der Waals surface area contributed by atoms with Crippen LogP contribution in [0, 0.1) is 0 Å². The number of fused-ring (bicyclic) bond motifs is 8. The molecule has 0 N–H and O–H groups in total. The standard InChI is InChI=1S/C43H25N3O2/c1-3-13-26(14-4-1)41-44-42(27-15-5-2-6-16-27)46-43(45-41)33-22-12-24-36-37(33)32-21-11-20-30(39(32)48-36)34-25-28-17-7-8-18-29(28)38-31-19-9-10-23-35(31)47-40(34)38/h1-25H. The molecule has 0 bridgehead atoms. The van der Waals surface area contributed by atoms with E-state index in [-0.39, 0.29) is 0 Å². The van der Waals surface area contributed by atoms with Crippen molar-refractivity contribution in [2.24, 2.45) is 0 Å². The molecular formula is C43H25N3O2. The van der Waals surface area contributed by atoms with E-state index in [4.69, 9.17) is 23.8 Å². The van der Waals surface area contributed by atoms with Crippen LogP contribution in [0.3, 0.4) is 0 Å². The first-order valence-electron chi connectivity index (χ1n) is 15.9. The molecule has 0 saturated carbocycles. The molecule has 48 heavy (non-hydrogen) atoms. The molecule has 224 valence electrons. The third-order valence-electron chi connectivity index (χ3n) is 9.12. The Hall–Kier alpha value is -6.59. The maximum atomic E-state index is 6.75. The first-order valence-corrected chi connectivity index (χ1v) is 15.9.